The molecule has 0 spiro atoms. The van der Waals surface area contributed by atoms with Gasteiger partial charge in [0, 0.05) is 19.3 Å². The molecule has 6 heteroatoms. The molecular weight excluding hydrogens is 829 g/mol. The Morgan fingerprint density at radius 2 is 0.672 bits per heavy atom. The molecule has 0 amide bonds. The number of hydrogen-bond donors (Lipinski definition) is 0. The number of rotatable bonds is 47. The predicted octanol–water partition coefficient (Wildman–Crippen LogP) is 18.1. The first kappa shape index (κ1) is 62.8. The van der Waals surface area contributed by atoms with Crippen molar-refractivity contribution in [3.63, 3.8) is 0 Å². The molecule has 0 saturated heterocycles. The summed E-state index contributed by atoms with van der Waals surface area (Å²) < 4.78 is 16.8. The largest absolute Gasteiger partial charge is 0.462 e. The third kappa shape index (κ3) is 52.6. The van der Waals surface area contributed by atoms with E-state index in [1.807, 2.05) is 0 Å². The smallest absolute Gasteiger partial charge is 0.306 e. The highest BCUT2D eigenvalue weighted by Gasteiger charge is 2.19. The number of carbonyl (C=O) groups excluding carboxylic acids is 3. The Hall–Kier alpha value is -4.19. The minimum atomic E-state index is -0.821. The van der Waals surface area contributed by atoms with E-state index in [1.54, 1.807) is 0 Å². The molecule has 0 aliphatic rings. The normalized spacial score (nSPS) is 13.1. The Morgan fingerprint density at radius 1 is 0.328 bits per heavy atom. The molecule has 378 valence electrons. The highest BCUT2D eigenvalue weighted by Crippen LogP contribution is 2.14. The van der Waals surface area contributed by atoms with Crippen molar-refractivity contribution in [1.29, 1.82) is 0 Å². The Labute approximate surface area is 412 Å². The number of ether oxygens (including phenoxy) is 3. The van der Waals surface area contributed by atoms with Crippen molar-refractivity contribution in [2.75, 3.05) is 13.2 Å². The molecular formula is C61H98O6. The third-order valence-corrected chi connectivity index (χ3v) is 11.0. The number of esters is 3. The Bertz CT molecular complexity index is 1440. The Balaban J connectivity index is 4.50. The van der Waals surface area contributed by atoms with Crippen LogP contribution in [0.2, 0.25) is 0 Å². The molecule has 0 aliphatic heterocycles. The molecule has 0 bridgehead atoms. The van der Waals surface area contributed by atoms with Gasteiger partial charge in [0.05, 0.1) is 0 Å². The van der Waals surface area contributed by atoms with Crippen LogP contribution in [-0.2, 0) is 28.6 Å². The van der Waals surface area contributed by atoms with Gasteiger partial charge in [-0.3, -0.25) is 14.4 Å². The molecule has 0 saturated carbocycles. The van der Waals surface area contributed by atoms with Crippen LogP contribution in [0.4, 0.5) is 0 Å². The lowest BCUT2D eigenvalue weighted by Crippen LogP contribution is -2.30. The van der Waals surface area contributed by atoms with Crippen LogP contribution < -0.4 is 0 Å². The number of carbonyl (C=O) groups is 3. The van der Waals surface area contributed by atoms with E-state index in [4.69, 9.17) is 14.2 Å². The highest BCUT2D eigenvalue weighted by molar-refractivity contribution is 5.71. The Kier molecular flexibility index (Phi) is 51.0. The molecule has 0 N–H and O–H groups in total. The van der Waals surface area contributed by atoms with Crippen molar-refractivity contribution in [3.05, 3.63) is 122 Å². The molecule has 67 heavy (non-hydrogen) atoms. The van der Waals surface area contributed by atoms with Gasteiger partial charge in [0.15, 0.2) is 6.10 Å². The molecule has 0 radical (unpaired) electrons. The average molecular weight is 927 g/mol. The SMILES string of the molecule is CC\C=C/C=C\C=C/CCCCCCCC(=O)OCC(COC(=O)CCCCCCCCCCC/C=C\C/C=C\C/C=C\CC)OC(=O)CCC/C=C\C/C=C\C/C=C\C/C=C\CCCCC. The standard InChI is InChI=1S/C61H98O6/c1-4-7-10-13-16-19-22-25-27-29-30-32-33-36-39-42-45-48-51-54-60(63)66-57-58(56-65-59(62)53-50-47-44-41-38-35-24-21-18-15-12-9-6-3)67-61(64)55-52-49-46-43-40-37-34-31-28-26-23-20-17-14-11-8-5-2/h7,9-10,12,15-21,24-28,34,37,43,46,58H,4-6,8,11,13-14,22-23,29-33,35-36,38-42,44-45,47-57H2,1-3H3/b10-7-,12-9-,18-15-,19-16-,20-17-,24-21-,27-25-,28-26-,37-34-,46-43-. The van der Waals surface area contributed by atoms with E-state index in [0.717, 1.165) is 116 Å². The fraction of sp³-hybridized carbons (Fsp3) is 0.623. The first-order chi connectivity index (χ1) is 33.0. The van der Waals surface area contributed by atoms with Crippen LogP contribution in [0.15, 0.2) is 122 Å². The molecule has 1 unspecified atom stereocenters. The summed E-state index contributed by atoms with van der Waals surface area (Å²) in [6, 6.07) is 0. The third-order valence-electron chi connectivity index (χ3n) is 11.0. The monoisotopic (exact) mass is 927 g/mol. The summed E-state index contributed by atoms with van der Waals surface area (Å²) in [6.45, 7) is 6.29. The lowest BCUT2D eigenvalue weighted by molar-refractivity contribution is -0.167. The van der Waals surface area contributed by atoms with Crippen LogP contribution in [0.3, 0.4) is 0 Å². The van der Waals surface area contributed by atoms with Crippen LogP contribution >= 0.6 is 0 Å². The maximum absolute atomic E-state index is 12.8. The van der Waals surface area contributed by atoms with Crippen molar-refractivity contribution >= 4 is 17.9 Å². The molecule has 0 heterocycles. The van der Waals surface area contributed by atoms with Gasteiger partial charge in [-0.15, -0.1) is 0 Å². The van der Waals surface area contributed by atoms with Crippen molar-refractivity contribution in [2.45, 2.75) is 232 Å². The van der Waals surface area contributed by atoms with Gasteiger partial charge in [0.1, 0.15) is 13.2 Å². The van der Waals surface area contributed by atoms with Crippen LogP contribution in [0, 0.1) is 0 Å². The lowest BCUT2D eigenvalue weighted by Gasteiger charge is -2.18. The maximum atomic E-state index is 12.8. The summed E-state index contributed by atoms with van der Waals surface area (Å²) in [5.41, 5.74) is 0. The van der Waals surface area contributed by atoms with E-state index in [1.165, 1.54) is 64.2 Å². The molecule has 0 aromatic rings. The van der Waals surface area contributed by atoms with Gasteiger partial charge in [0.25, 0.3) is 0 Å². The molecule has 1 atom stereocenters. The molecule has 6 nitrogen and oxygen atoms in total. The molecule has 0 fully saturated rings. The molecule has 0 aliphatic carbocycles. The van der Waals surface area contributed by atoms with Crippen LogP contribution in [0.1, 0.15) is 226 Å². The van der Waals surface area contributed by atoms with E-state index in [0.29, 0.717) is 19.3 Å². The van der Waals surface area contributed by atoms with Crippen LogP contribution in [0.25, 0.3) is 0 Å². The number of unbranched alkanes of at least 4 members (excludes halogenated alkanes) is 18. The quantitative estimate of drug-likeness (QED) is 0.0199. The molecule has 0 aromatic heterocycles. The summed E-state index contributed by atoms with van der Waals surface area (Å²) >= 11 is 0. The van der Waals surface area contributed by atoms with Crippen LogP contribution in [0.5, 0.6) is 0 Å². The van der Waals surface area contributed by atoms with Gasteiger partial charge in [-0.2, -0.15) is 0 Å². The first-order valence-electron chi connectivity index (χ1n) is 27.1. The minimum Gasteiger partial charge on any atom is -0.462 e. The predicted molar refractivity (Wildman–Crippen MR) is 288 cm³/mol. The second kappa shape index (κ2) is 54.4. The summed E-state index contributed by atoms with van der Waals surface area (Å²) in [5.74, 6) is -1.00. The van der Waals surface area contributed by atoms with Gasteiger partial charge >= 0.3 is 17.9 Å². The number of hydrogen-bond acceptors (Lipinski definition) is 6. The van der Waals surface area contributed by atoms with E-state index in [-0.39, 0.29) is 37.5 Å². The van der Waals surface area contributed by atoms with E-state index < -0.39 is 6.10 Å². The summed E-state index contributed by atoms with van der Waals surface area (Å²) in [7, 11) is 0. The second-order valence-electron chi connectivity index (χ2n) is 17.4. The Morgan fingerprint density at radius 3 is 1.12 bits per heavy atom. The zero-order valence-corrected chi connectivity index (χ0v) is 43.1. The summed E-state index contributed by atoms with van der Waals surface area (Å²) in [4.78, 5) is 38.1. The summed E-state index contributed by atoms with van der Waals surface area (Å²) in [5, 5.41) is 0. The fourth-order valence-electron chi connectivity index (χ4n) is 6.98. The van der Waals surface area contributed by atoms with Crippen LogP contribution in [-0.4, -0.2) is 37.2 Å². The van der Waals surface area contributed by atoms with E-state index in [9.17, 15) is 14.4 Å². The zero-order valence-electron chi connectivity index (χ0n) is 43.1. The van der Waals surface area contributed by atoms with Crippen molar-refractivity contribution in [2.24, 2.45) is 0 Å². The fourth-order valence-corrected chi connectivity index (χ4v) is 6.98. The first-order valence-corrected chi connectivity index (χ1v) is 27.1. The van der Waals surface area contributed by atoms with Gasteiger partial charge in [-0.1, -0.05) is 219 Å². The lowest BCUT2D eigenvalue weighted by atomic mass is 10.1. The molecule has 0 aromatic carbocycles. The second-order valence-corrected chi connectivity index (χ2v) is 17.4. The summed E-state index contributed by atoms with van der Waals surface area (Å²) in [6.07, 6.45) is 74.7. The molecule has 0 rings (SSSR count). The van der Waals surface area contributed by atoms with Gasteiger partial charge in [0.2, 0.25) is 0 Å². The van der Waals surface area contributed by atoms with Gasteiger partial charge in [-0.25, -0.2) is 0 Å². The van der Waals surface area contributed by atoms with E-state index >= 15 is 0 Å². The topological polar surface area (TPSA) is 78.9 Å². The maximum Gasteiger partial charge on any atom is 0.306 e. The van der Waals surface area contributed by atoms with Crippen molar-refractivity contribution < 1.29 is 28.6 Å². The van der Waals surface area contributed by atoms with E-state index in [2.05, 4.69) is 142 Å². The average Bonchev–Trinajstić information content (AvgIpc) is 3.33. The number of allylic oxidation sites excluding steroid dienone is 20. The highest BCUT2D eigenvalue weighted by atomic mass is 16.6. The minimum absolute atomic E-state index is 0.113. The van der Waals surface area contributed by atoms with Crippen molar-refractivity contribution in [3.8, 4) is 0 Å². The van der Waals surface area contributed by atoms with Gasteiger partial charge in [-0.05, 0) is 109 Å². The van der Waals surface area contributed by atoms with Crippen molar-refractivity contribution in [1.82, 2.24) is 0 Å². The zero-order chi connectivity index (χ0) is 48.6. The van der Waals surface area contributed by atoms with Gasteiger partial charge < -0.3 is 14.2 Å².